The number of nitrogens with zero attached hydrogens (tertiary/aromatic N) is 3. The zero-order valence-corrected chi connectivity index (χ0v) is 9.52. The molecule has 5 heteroatoms. The van der Waals surface area contributed by atoms with Gasteiger partial charge in [-0.05, 0) is 18.6 Å². The molecule has 1 rings (SSSR count). The lowest BCUT2D eigenvalue weighted by Crippen LogP contribution is -1.90. The summed E-state index contributed by atoms with van der Waals surface area (Å²) < 4.78 is 1.95. The van der Waals surface area contributed by atoms with Crippen LogP contribution < -0.4 is 0 Å². The fourth-order valence-corrected chi connectivity index (χ4v) is 2.07. The van der Waals surface area contributed by atoms with Crippen molar-refractivity contribution in [2.75, 3.05) is 11.5 Å². The lowest BCUT2D eigenvalue weighted by Gasteiger charge is -1.99. The van der Waals surface area contributed by atoms with Crippen LogP contribution in [0.1, 0.15) is 19.3 Å². The average Bonchev–Trinajstić information content (AvgIpc) is 2.52. The number of thiol groups is 1. The van der Waals surface area contributed by atoms with Crippen LogP contribution in [0.5, 0.6) is 0 Å². The van der Waals surface area contributed by atoms with Gasteiger partial charge in [-0.25, -0.2) is 0 Å². The van der Waals surface area contributed by atoms with Crippen LogP contribution in [0.3, 0.4) is 0 Å². The molecular formula is C8H15N3S2. The summed E-state index contributed by atoms with van der Waals surface area (Å²) in [5, 5.41) is 8.82. The van der Waals surface area contributed by atoms with Crippen molar-refractivity contribution in [2.45, 2.75) is 24.4 Å². The van der Waals surface area contributed by atoms with Gasteiger partial charge in [0.15, 0.2) is 5.16 Å². The van der Waals surface area contributed by atoms with Gasteiger partial charge in [0.25, 0.3) is 0 Å². The summed E-state index contributed by atoms with van der Waals surface area (Å²) in [6.45, 7) is 0. The molecule has 1 aromatic rings. The highest BCUT2D eigenvalue weighted by Crippen LogP contribution is 2.15. The highest BCUT2D eigenvalue weighted by atomic mass is 32.2. The highest BCUT2D eigenvalue weighted by molar-refractivity contribution is 7.99. The second-order valence-electron chi connectivity index (χ2n) is 2.86. The summed E-state index contributed by atoms with van der Waals surface area (Å²) in [5.74, 6) is 2.12. The molecule has 0 spiro atoms. The molecule has 0 unspecified atom stereocenters. The molecule has 0 saturated carbocycles. The third-order valence-electron chi connectivity index (χ3n) is 1.70. The quantitative estimate of drug-likeness (QED) is 0.449. The van der Waals surface area contributed by atoms with Crippen molar-refractivity contribution < 1.29 is 0 Å². The zero-order chi connectivity index (χ0) is 9.52. The normalized spacial score (nSPS) is 10.6. The molecule has 1 heterocycles. The molecule has 74 valence electrons. The van der Waals surface area contributed by atoms with Crippen LogP contribution in [-0.4, -0.2) is 26.3 Å². The van der Waals surface area contributed by atoms with Crippen LogP contribution in [0, 0.1) is 0 Å². The van der Waals surface area contributed by atoms with Crippen molar-refractivity contribution in [3.63, 3.8) is 0 Å². The molecule has 0 fully saturated rings. The molecule has 1 aromatic heterocycles. The molecule has 0 aliphatic carbocycles. The lowest BCUT2D eigenvalue weighted by atomic mass is 10.3. The lowest BCUT2D eigenvalue weighted by molar-refractivity contribution is 0.770. The molecule has 0 amide bonds. The van der Waals surface area contributed by atoms with E-state index in [1.54, 1.807) is 18.1 Å². The van der Waals surface area contributed by atoms with Gasteiger partial charge in [0.1, 0.15) is 6.33 Å². The van der Waals surface area contributed by atoms with Gasteiger partial charge in [-0.1, -0.05) is 18.2 Å². The molecule has 0 aliphatic rings. The number of aromatic nitrogens is 3. The predicted octanol–water partition coefficient (Wildman–Crippen LogP) is 2.01. The first-order valence-corrected chi connectivity index (χ1v) is 6.04. The first-order chi connectivity index (χ1) is 6.34. The Hall–Kier alpha value is -0.160. The Morgan fingerprint density at radius 1 is 1.46 bits per heavy atom. The zero-order valence-electron chi connectivity index (χ0n) is 7.81. The van der Waals surface area contributed by atoms with E-state index >= 15 is 0 Å². The summed E-state index contributed by atoms with van der Waals surface area (Å²) in [7, 11) is 1.97. The fourth-order valence-electron chi connectivity index (χ4n) is 0.957. The molecular weight excluding hydrogens is 202 g/mol. The molecule has 0 saturated heterocycles. The Morgan fingerprint density at radius 2 is 2.31 bits per heavy atom. The molecule has 0 aliphatic heterocycles. The van der Waals surface area contributed by atoms with Gasteiger partial charge in [0.2, 0.25) is 0 Å². The van der Waals surface area contributed by atoms with Gasteiger partial charge in [-0.15, -0.1) is 10.2 Å². The second-order valence-corrected chi connectivity index (χ2v) is 4.37. The van der Waals surface area contributed by atoms with Crippen molar-refractivity contribution in [3.8, 4) is 0 Å². The van der Waals surface area contributed by atoms with Crippen LogP contribution in [0.25, 0.3) is 0 Å². The number of hydrogen-bond acceptors (Lipinski definition) is 4. The van der Waals surface area contributed by atoms with Crippen molar-refractivity contribution in [2.24, 2.45) is 7.05 Å². The van der Waals surface area contributed by atoms with Gasteiger partial charge in [-0.2, -0.15) is 12.6 Å². The van der Waals surface area contributed by atoms with E-state index in [-0.39, 0.29) is 0 Å². The maximum Gasteiger partial charge on any atom is 0.190 e. The van der Waals surface area contributed by atoms with E-state index in [0.29, 0.717) is 0 Å². The smallest absolute Gasteiger partial charge is 0.190 e. The SMILES string of the molecule is Cn1cnnc1SCCCCCS. The van der Waals surface area contributed by atoms with E-state index in [1.165, 1.54) is 19.3 Å². The average molecular weight is 217 g/mol. The van der Waals surface area contributed by atoms with Crippen LogP contribution in [0.15, 0.2) is 11.5 Å². The maximum absolute atomic E-state index is 4.17. The van der Waals surface area contributed by atoms with Gasteiger partial charge in [-0.3, -0.25) is 0 Å². The maximum atomic E-state index is 4.17. The monoisotopic (exact) mass is 217 g/mol. The van der Waals surface area contributed by atoms with Crippen LogP contribution in [0.2, 0.25) is 0 Å². The van der Waals surface area contributed by atoms with E-state index in [2.05, 4.69) is 22.8 Å². The van der Waals surface area contributed by atoms with E-state index in [4.69, 9.17) is 0 Å². The molecule has 0 bridgehead atoms. The summed E-state index contributed by atoms with van der Waals surface area (Å²) >= 11 is 5.93. The first kappa shape index (κ1) is 10.9. The number of aryl methyl sites for hydroxylation is 1. The van der Waals surface area contributed by atoms with Gasteiger partial charge < -0.3 is 4.57 Å². The number of unbranched alkanes of at least 4 members (excludes halogenated alkanes) is 2. The Labute approximate surface area is 88.7 Å². The van der Waals surface area contributed by atoms with E-state index in [0.717, 1.165) is 16.7 Å². The standard InChI is InChI=1S/C8H15N3S2/c1-11-7-9-10-8(11)13-6-4-2-3-5-12/h7,12H,2-6H2,1H3. The molecule has 3 nitrogen and oxygen atoms in total. The van der Waals surface area contributed by atoms with Crippen molar-refractivity contribution in [1.82, 2.24) is 14.8 Å². The molecule has 0 aromatic carbocycles. The summed E-state index contributed by atoms with van der Waals surface area (Å²) in [5.41, 5.74) is 0. The van der Waals surface area contributed by atoms with E-state index in [9.17, 15) is 0 Å². The summed E-state index contributed by atoms with van der Waals surface area (Å²) in [4.78, 5) is 0. The minimum absolute atomic E-state index is 0.995. The Bertz CT molecular complexity index is 237. The number of thioether (sulfide) groups is 1. The van der Waals surface area contributed by atoms with Crippen LogP contribution in [0.4, 0.5) is 0 Å². The van der Waals surface area contributed by atoms with Crippen molar-refractivity contribution in [1.29, 1.82) is 0 Å². The Kier molecular flexibility index (Phi) is 5.31. The fraction of sp³-hybridized carbons (Fsp3) is 0.750. The minimum atomic E-state index is 0.995. The second kappa shape index (κ2) is 6.32. The van der Waals surface area contributed by atoms with Crippen molar-refractivity contribution in [3.05, 3.63) is 6.33 Å². The highest BCUT2D eigenvalue weighted by Gasteiger charge is 1.99. The molecule has 13 heavy (non-hydrogen) atoms. The van der Waals surface area contributed by atoms with E-state index in [1.807, 2.05) is 11.6 Å². The topological polar surface area (TPSA) is 30.7 Å². The molecule has 0 radical (unpaired) electrons. The van der Waals surface area contributed by atoms with E-state index < -0.39 is 0 Å². The molecule has 0 atom stereocenters. The third-order valence-corrected chi connectivity index (χ3v) is 3.14. The number of rotatable bonds is 6. The largest absolute Gasteiger partial charge is 0.312 e. The van der Waals surface area contributed by atoms with Crippen LogP contribution >= 0.6 is 24.4 Å². The molecule has 0 N–H and O–H groups in total. The Morgan fingerprint density at radius 3 is 2.92 bits per heavy atom. The van der Waals surface area contributed by atoms with Gasteiger partial charge in [0, 0.05) is 12.8 Å². The van der Waals surface area contributed by atoms with Crippen molar-refractivity contribution >= 4 is 24.4 Å². The first-order valence-electron chi connectivity index (χ1n) is 4.42. The summed E-state index contributed by atoms with van der Waals surface area (Å²) in [6, 6.07) is 0. The Balaban J connectivity index is 2.10. The third kappa shape index (κ3) is 4.04. The van der Waals surface area contributed by atoms with Gasteiger partial charge in [0.05, 0.1) is 0 Å². The minimum Gasteiger partial charge on any atom is -0.312 e. The van der Waals surface area contributed by atoms with Crippen LogP contribution in [-0.2, 0) is 7.05 Å². The summed E-state index contributed by atoms with van der Waals surface area (Å²) in [6.07, 6.45) is 5.44. The number of hydrogen-bond donors (Lipinski definition) is 1. The predicted molar refractivity (Wildman–Crippen MR) is 59.4 cm³/mol. The van der Waals surface area contributed by atoms with Gasteiger partial charge >= 0.3 is 0 Å².